The summed E-state index contributed by atoms with van der Waals surface area (Å²) in [6, 6.07) is 4.62. The number of hydrogen-bond donors (Lipinski definition) is 3. The summed E-state index contributed by atoms with van der Waals surface area (Å²) < 4.78 is 0. The Morgan fingerprint density at radius 1 is 1.29 bits per heavy atom. The van der Waals surface area contributed by atoms with Gasteiger partial charge in [0.25, 0.3) is 5.91 Å². The van der Waals surface area contributed by atoms with Crippen LogP contribution in [-0.2, 0) is 9.59 Å². The van der Waals surface area contributed by atoms with E-state index in [9.17, 15) is 14.4 Å². The first-order valence-corrected chi connectivity index (χ1v) is 9.92. The summed E-state index contributed by atoms with van der Waals surface area (Å²) in [5.41, 5.74) is 7.81. The van der Waals surface area contributed by atoms with Crippen molar-refractivity contribution in [2.75, 3.05) is 25.0 Å². The van der Waals surface area contributed by atoms with E-state index < -0.39 is 6.04 Å². The number of amides is 3. The maximum Gasteiger partial charge on any atom is 0.253 e. The molecule has 0 radical (unpaired) electrons. The third kappa shape index (κ3) is 5.79. The summed E-state index contributed by atoms with van der Waals surface area (Å²) >= 11 is 0. The maximum absolute atomic E-state index is 12.7. The quantitative estimate of drug-likeness (QED) is 0.692. The summed E-state index contributed by atoms with van der Waals surface area (Å²) in [5, 5.41) is 5.31. The second-order valence-corrected chi connectivity index (χ2v) is 8.06. The standard InChI is InChI=1S/C21H32N4O3/c1-13(2)19(22)20(27)23-11-18(26)24-17-8-7-16(10-15(17)4)21(28)25-9-5-6-14(3)12-25/h7-8,10,13-14,19H,5-6,9,11-12,22H2,1-4H3,(H,23,27)(H,24,26)/t14?,19-/m0/s1. The van der Waals surface area contributed by atoms with Gasteiger partial charge in [-0.1, -0.05) is 20.8 Å². The Balaban J connectivity index is 1.94. The molecule has 1 unspecified atom stereocenters. The Hall–Kier alpha value is -2.41. The molecule has 0 aromatic heterocycles. The molecule has 2 atom stereocenters. The lowest BCUT2D eigenvalue weighted by Crippen LogP contribution is -2.46. The zero-order valence-corrected chi connectivity index (χ0v) is 17.2. The number of aryl methyl sites for hydroxylation is 1. The molecule has 0 bridgehead atoms. The summed E-state index contributed by atoms with van der Waals surface area (Å²) in [7, 11) is 0. The van der Waals surface area contributed by atoms with Gasteiger partial charge in [0, 0.05) is 24.3 Å². The van der Waals surface area contributed by atoms with Gasteiger partial charge < -0.3 is 21.3 Å². The van der Waals surface area contributed by atoms with Crippen molar-refractivity contribution < 1.29 is 14.4 Å². The lowest BCUT2D eigenvalue weighted by molar-refractivity contribution is -0.125. The van der Waals surface area contributed by atoms with Crippen LogP contribution in [0.1, 0.15) is 49.5 Å². The molecule has 4 N–H and O–H groups in total. The number of nitrogens with zero attached hydrogens (tertiary/aromatic N) is 1. The average Bonchev–Trinajstić information content (AvgIpc) is 2.66. The number of carbonyl (C=O) groups is 3. The van der Waals surface area contributed by atoms with Crippen LogP contribution in [0, 0.1) is 18.8 Å². The van der Waals surface area contributed by atoms with Crippen molar-refractivity contribution in [3.05, 3.63) is 29.3 Å². The molecule has 1 heterocycles. The van der Waals surface area contributed by atoms with E-state index in [1.54, 1.807) is 18.2 Å². The van der Waals surface area contributed by atoms with Crippen molar-refractivity contribution in [1.82, 2.24) is 10.2 Å². The molecule has 7 nitrogen and oxygen atoms in total. The largest absolute Gasteiger partial charge is 0.346 e. The normalized spacial score (nSPS) is 17.9. The summed E-state index contributed by atoms with van der Waals surface area (Å²) in [6.07, 6.45) is 2.19. The molecule has 1 aliphatic rings. The smallest absolute Gasteiger partial charge is 0.253 e. The molecule has 1 fully saturated rings. The fourth-order valence-electron chi connectivity index (χ4n) is 3.28. The highest BCUT2D eigenvalue weighted by atomic mass is 16.2. The van der Waals surface area contributed by atoms with Crippen LogP contribution in [0.4, 0.5) is 5.69 Å². The van der Waals surface area contributed by atoms with Crippen molar-refractivity contribution in [2.45, 2.75) is 46.6 Å². The van der Waals surface area contributed by atoms with Crippen LogP contribution in [0.15, 0.2) is 18.2 Å². The summed E-state index contributed by atoms with van der Waals surface area (Å²) in [5.74, 6) is -0.132. The van der Waals surface area contributed by atoms with Gasteiger partial charge >= 0.3 is 0 Å². The lowest BCUT2D eigenvalue weighted by atomic mass is 9.99. The molecule has 1 aromatic carbocycles. The minimum absolute atomic E-state index is 0.00159. The molecule has 7 heteroatoms. The topological polar surface area (TPSA) is 105 Å². The number of carbonyl (C=O) groups excluding carboxylic acids is 3. The third-order valence-electron chi connectivity index (χ3n) is 5.14. The van der Waals surface area contributed by atoms with Crippen molar-refractivity contribution >= 4 is 23.4 Å². The number of likely N-dealkylation sites (tertiary alicyclic amines) is 1. The highest BCUT2D eigenvalue weighted by molar-refractivity contribution is 5.98. The number of benzene rings is 1. The SMILES string of the molecule is Cc1cc(C(=O)N2CCCC(C)C2)ccc1NC(=O)CNC(=O)[C@@H](N)C(C)C. The summed E-state index contributed by atoms with van der Waals surface area (Å²) in [6.45, 7) is 9.13. The van der Waals surface area contributed by atoms with Gasteiger partial charge in [-0.15, -0.1) is 0 Å². The number of nitrogens with two attached hydrogens (primary N) is 1. The number of anilines is 1. The molecule has 0 spiro atoms. The molecular weight excluding hydrogens is 356 g/mol. The molecular formula is C21H32N4O3. The molecule has 3 amide bonds. The van der Waals surface area contributed by atoms with Crippen LogP contribution < -0.4 is 16.4 Å². The molecule has 154 valence electrons. The second kappa shape index (κ2) is 9.68. The fourth-order valence-corrected chi connectivity index (χ4v) is 3.28. The van der Waals surface area contributed by atoms with Crippen LogP contribution in [0.5, 0.6) is 0 Å². The first-order chi connectivity index (χ1) is 13.2. The highest BCUT2D eigenvalue weighted by Crippen LogP contribution is 2.21. The van der Waals surface area contributed by atoms with Gasteiger partial charge in [-0.25, -0.2) is 0 Å². The van der Waals surface area contributed by atoms with E-state index in [0.717, 1.165) is 31.5 Å². The number of hydrogen-bond acceptors (Lipinski definition) is 4. The van der Waals surface area contributed by atoms with Crippen molar-refractivity contribution in [1.29, 1.82) is 0 Å². The number of nitrogens with one attached hydrogen (secondary N) is 2. The molecule has 2 rings (SSSR count). The predicted octanol–water partition coefficient (Wildman–Crippen LogP) is 1.91. The summed E-state index contributed by atoms with van der Waals surface area (Å²) in [4.78, 5) is 38.6. The van der Waals surface area contributed by atoms with E-state index >= 15 is 0 Å². The zero-order chi connectivity index (χ0) is 20.8. The Morgan fingerprint density at radius 2 is 2.00 bits per heavy atom. The van der Waals surface area contributed by atoms with Crippen LogP contribution in [0.2, 0.25) is 0 Å². The van der Waals surface area contributed by atoms with Crippen LogP contribution in [0.3, 0.4) is 0 Å². The van der Waals surface area contributed by atoms with Crippen molar-refractivity contribution in [2.24, 2.45) is 17.6 Å². The van der Waals surface area contributed by atoms with Crippen molar-refractivity contribution in [3.8, 4) is 0 Å². The number of rotatable bonds is 6. The highest BCUT2D eigenvalue weighted by Gasteiger charge is 2.22. The first-order valence-electron chi connectivity index (χ1n) is 9.92. The average molecular weight is 389 g/mol. The third-order valence-corrected chi connectivity index (χ3v) is 5.14. The van der Waals surface area contributed by atoms with Crippen LogP contribution in [0.25, 0.3) is 0 Å². The Morgan fingerprint density at radius 3 is 2.61 bits per heavy atom. The van der Waals surface area contributed by atoms with Gasteiger partial charge in [-0.3, -0.25) is 14.4 Å². The zero-order valence-electron chi connectivity index (χ0n) is 17.2. The van der Waals surface area contributed by atoms with Gasteiger partial charge in [-0.05, 0) is 55.4 Å². The van der Waals surface area contributed by atoms with Crippen molar-refractivity contribution in [3.63, 3.8) is 0 Å². The maximum atomic E-state index is 12.7. The Labute approximate surface area is 167 Å². The van der Waals surface area contributed by atoms with E-state index in [4.69, 9.17) is 5.73 Å². The molecule has 0 saturated carbocycles. The van der Waals surface area contributed by atoms with Gasteiger partial charge in [0.2, 0.25) is 11.8 Å². The molecule has 1 saturated heterocycles. The molecule has 1 aliphatic heterocycles. The predicted molar refractivity (Wildman–Crippen MR) is 110 cm³/mol. The van der Waals surface area contributed by atoms with E-state index in [-0.39, 0.29) is 30.2 Å². The van der Waals surface area contributed by atoms with Crippen LogP contribution >= 0.6 is 0 Å². The van der Waals surface area contributed by atoms with Gasteiger partial charge in [0.05, 0.1) is 12.6 Å². The first kappa shape index (κ1) is 21.9. The van der Waals surface area contributed by atoms with E-state index in [1.807, 2.05) is 25.7 Å². The Bertz CT molecular complexity index is 732. The van der Waals surface area contributed by atoms with Gasteiger partial charge in [0.1, 0.15) is 0 Å². The monoisotopic (exact) mass is 388 g/mol. The van der Waals surface area contributed by atoms with Gasteiger partial charge in [-0.2, -0.15) is 0 Å². The minimum Gasteiger partial charge on any atom is -0.346 e. The molecule has 1 aromatic rings. The lowest BCUT2D eigenvalue weighted by Gasteiger charge is -2.31. The number of piperidine rings is 1. The van der Waals surface area contributed by atoms with Crippen LogP contribution in [-0.4, -0.2) is 48.3 Å². The van der Waals surface area contributed by atoms with E-state index in [1.165, 1.54) is 0 Å². The molecule has 28 heavy (non-hydrogen) atoms. The van der Waals surface area contributed by atoms with E-state index in [2.05, 4.69) is 17.6 Å². The van der Waals surface area contributed by atoms with Gasteiger partial charge in [0.15, 0.2) is 0 Å². The van der Waals surface area contributed by atoms with E-state index in [0.29, 0.717) is 17.2 Å². The molecule has 0 aliphatic carbocycles. The minimum atomic E-state index is -0.641. The second-order valence-electron chi connectivity index (χ2n) is 8.06. The fraction of sp³-hybridized carbons (Fsp3) is 0.571. The Kier molecular flexibility index (Phi) is 7.57.